The van der Waals surface area contributed by atoms with Crippen molar-refractivity contribution in [1.82, 2.24) is 0 Å². The number of carbonyl (C=O) groups excluding carboxylic acids is 1. The first-order chi connectivity index (χ1) is 10.1. The molecule has 0 saturated heterocycles. The minimum atomic E-state index is 0.211. The van der Waals surface area contributed by atoms with Crippen LogP contribution in [-0.2, 0) is 11.2 Å². The van der Waals surface area contributed by atoms with Gasteiger partial charge in [-0.15, -0.1) is 0 Å². The largest absolute Gasteiger partial charge is 0.496 e. The van der Waals surface area contributed by atoms with Crippen LogP contribution in [0.5, 0.6) is 17.2 Å². The fourth-order valence-electron chi connectivity index (χ4n) is 2.83. The lowest BCUT2D eigenvalue weighted by molar-refractivity contribution is -0.118. The lowest BCUT2D eigenvalue weighted by Gasteiger charge is -2.22. The van der Waals surface area contributed by atoms with Crippen LogP contribution in [0.1, 0.15) is 36.8 Å². The van der Waals surface area contributed by atoms with Gasteiger partial charge in [0, 0.05) is 24.5 Å². The molecule has 0 radical (unpaired) electrons. The molecule has 0 atom stereocenters. The molecule has 0 saturated carbocycles. The zero-order chi connectivity index (χ0) is 15.4. The zero-order valence-corrected chi connectivity index (χ0v) is 13.0. The Kier molecular flexibility index (Phi) is 4.89. The molecule has 0 heterocycles. The minimum Gasteiger partial charge on any atom is -0.496 e. The van der Waals surface area contributed by atoms with E-state index >= 15 is 0 Å². The first kappa shape index (κ1) is 15.4. The predicted molar refractivity (Wildman–Crippen MR) is 82.3 cm³/mol. The van der Waals surface area contributed by atoms with Gasteiger partial charge < -0.3 is 14.2 Å². The van der Waals surface area contributed by atoms with Crippen molar-refractivity contribution in [2.24, 2.45) is 0 Å². The van der Waals surface area contributed by atoms with Gasteiger partial charge in [-0.05, 0) is 24.8 Å². The number of ketones is 1. The number of Topliss-reactive ketones (excluding diaryl/α,β-unsaturated/α-hetero) is 1. The maximum atomic E-state index is 12.0. The average molecular weight is 290 g/mol. The summed E-state index contributed by atoms with van der Waals surface area (Å²) >= 11 is 0. The molecule has 0 aliphatic heterocycles. The SMILES string of the molecule is C=C1CC(=O)CCCCc2c(OC)cc(OC)c1c2OC. The quantitative estimate of drug-likeness (QED) is 0.855. The molecule has 1 aliphatic rings. The minimum absolute atomic E-state index is 0.211. The molecular weight excluding hydrogens is 268 g/mol. The van der Waals surface area contributed by atoms with Gasteiger partial charge in [0.15, 0.2) is 0 Å². The lowest BCUT2D eigenvalue weighted by atomic mass is 9.91. The second-order valence-corrected chi connectivity index (χ2v) is 5.19. The van der Waals surface area contributed by atoms with Crippen LogP contribution in [-0.4, -0.2) is 27.1 Å². The molecule has 21 heavy (non-hydrogen) atoms. The number of hydrogen-bond donors (Lipinski definition) is 0. The van der Waals surface area contributed by atoms with Crippen molar-refractivity contribution in [3.63, 3.8) is 0 Å². The number of hydrogen-bond acceptors (Lipinski definition) is 4. The number of benzene rings is 1. The number of allylic oxidation sites excluding steroid dienone is 1. The summed E-state index contributed by atoms with van der Waals surface area (Å²) < 4.78 is 16.5. The third kappa shape index (κ3) is 3.04. The Bertz CT molecular complexity index is 560. The van der Waals surface area contributed by atoms with Crippen molar-refractivity contribution >= 4 is 11.4 Å². The fraction of sp³-hybridized carbons (Fsp3) is 0.471. The van der Waals surface area contributed by atoms with Crippen LogP contribution >= 0.6 is 0 Å². The number of fused-ring (bicyclic) bond motifs is 2. The van der Waals surface area contributed by atoms with Gasteiger partial charge in [0.1, 0.15) is 23.0 Å². The van der Waals surface area contributed by atoms with Crippen molar-refractivity contribution in [2.45, 2.75) is 32.1 Å². The zero-order valence-electron chi connectivity index (χ0n) is 13.0. The van der Waals surface area contributed by atoms with E-state index in [1.54, 1.807) is 21.3 Å². The maximum Gasteiger partial charge on any atom is 0.137 e. The van der Waals surface area contributed by atoms with E-state index in [-0.39, 0.29) is 5.78 Å². The highest BCUT2D eigenvalue weighted by Crippen LogP contribution is 2.44. The standard InChI is InChI=1S/C17H22O4/c1-11-9-12(18)7-5-6-8-13-14(19-2)10-15(20-3)16(11)17(13)21-4/h10H,1,5-9H2,2-4H3. The summed E-state index contributed by atoms with van der Waals surface area (Å²) in [6.07, 6.45) is 3.54. The number of methoxy groups -OCH3 is 3. The topological polar surface area (TPSA) is 44.8 Å². The first-order valence-electron chi connectivity index (χ1n) is 7.14. The van der Waals surface area contributed by atoms with Gasteiger partial charge in [-0.2, -0.15) is 0 Å². The van der Waals surface area contributed by atoms with Crippen LogP contribution in [0.3, 0.4) is 0 Å². The van der Waals surface area contributed by atoms with E-state index in [1.807, 2.05) is 6.07 Å². The third-order valence-electron chi connectivity index (χ3n) is 3.85. The van der Waals surface area contributed by atoms with E-state index in [0.29, 0.717) is 24.3 Å². The number of carbonyl (C=O) groups is 1. The maximum absolute atomic E-state index is 12.0. The highest BCUT2D eigenvalue weighted by atomic mass is 16.5. The number of ether oxygens (including phenoxy) is 3. The predicted octanol–water partition coefficient (Wildman–Crippen LogP) is 3.41. The highest BCUT2D eigenvalue weighted by molar-refractivity contribution is 5.92. The normalized spacial score (nSPS) is 15.6. The van der Waals surface area contributed by atoms with Crippen LogP contribution in [0.4, 0.5) is 0 Å². The van der Waals surface area contributed by atoms with Gasteiger partial charge in [-0.3, -0.25) is 4.79 Å². The second-order valence-electron chi connectivity index (χ2n) is 5.19. The van der Waals surface area contributed by atoms with Gasteiger partial charge >= 0.3 is 0 Å². The Morgan fingerprint density at radius 3 is 2.29 bits per heavy atom. The molecule has 1 aromatic carbocycles. The van der Waals surface area contributed by atoms with Crippen LogP contribution in [0, 0.1) is 0 Å². The first-order valence-corrected chi connectivity index (χ1v) is 7.14. The van der Waals surface area contributed by atoms with Gasteiger partial charge in [0.05, 0.1) is 26.9 Å². The van der Waals surface area contributed by atoms with Crippen molar-refractivity contribution in [3.8, 4) is 17.2 Å². The molecule has 0 fully saturated rings. The van der Waals surface area contributed by atoms with Gasteiger partial charge in [-0.1, -0.05) is 6.58 Å². The summed E-state index contributed by atoms with van der Waals surface area (Å²) in [5.74, 6) is 2.31. The lowest BCUT2D eigenvalue weighted by Crippen LogP contribution is -2.08. The molecule has 1 aliphatic carbocycles. The molecule has 0 unspecified atom stereocenters. The van der Waals surface area contributed by atoms with Crippen molar-refractivity contribution in [2.75, 3.05) is 21.3 Å². The van der Waals surface area contributed by atoms with Gasteiger partial charge in [-0.25, -0.2) is 0 Å². The van der Waals surface area contributed by atoms with Crippen LogP contribution < -0.4 is 14.2 Å². The van der Waals surface area contributed by atoms with Crippen molar-refractivity contribution in [3.05, 3.63) is 23.8 Å². The summed E-state index contributed by atoms with van der Waals surface area (Å²) in [4.78, 5) is 12.0. The van der Waals surface area contributed by atoms with E-state index in [0.717, 1.165) is 41.7 Å². The Hall–Kier alpha value is -1.97. The van der Waals surface area contributed by atoms with Crippen LogP contribution in [0.15, 0.2) is 12.6 Å². The Morgan fingerprint density at radius 2 is 1.67 bits per heavy atom. The molecular formula is C17H22O4. The molecule has 0 spiro atoms. The molecule has 0 N–H and O–H groups in total. The van der Waals surface area contributed by atoms with E-state index in [9.17, 15) is 4.79 Å². The van der Waals surface area contributed by atoms with E-state index < -0.39 is 0 Å². The third-order valence-corrected chi connectivity index (χ3v) is 3.85. The van der Waals surface area contributed by atoms with Gasteiger partial charge in [0.2, 0.25) is 0 Å². The summed E-state index contributed by atoms with van der Waals surface area (Å²) in [6.45, 7) is 4.06. The molecule has 4 nitrogen and oxygen atoms in total. The van der Waals surface area contributed by atoms with E-state index in [2.05, 4.69) is 6.58 Å². The summed E-state index contributed by atoms with van der Waals surface area (Å²) in [5.41, 5.74) is 2.54. The van der Waals surface area contributed by atoms with Crippen molar-refractivity contribution < 1.29 is 19.0 Å². The average Bonchev–Trinajstić information content (AvgIpc) is 2.49. The molecule has 0 aromatic heterocycles. The Balaban J connectivity index is 2.67. The summed E-state index contributed by atoms with van der Waals surface area (Å²) in [5, 5.41) is 0. The van der Waals surface area contributed by atoms with E-state index in [4.69, 9.17) is 14.2 Å². The highest BCUT2D eigenvalue weighted by Gasteiger charge is 2.24. The van der Waals surface area contributed by atoms with Gasteiger partial charge in [0.25, 0.3) is 0 Å². The van der Waals surface area contributed by atoms with Crippen LogP contribution in [0.25, 0.3) is 5.57 Å². The monoisotopic (exact) mass is 290 g/mol. The number of rotatable bonds is 3. The Labute approximate surface area is 125 Å². The van der Waals surface area contributed by atoms with Crippen molar-refractivity contribution in [1.29, 1.82) is 0 Å². The second kappa shape index (κ2) is 6.66. The Morgan fingerprint density at radius 1 is 1.00 bits per heavy atom. The summed E-state index contributed by atoms with van der Waals surface area (Å²) in [6, 6.07) is 1.85. The molecule has 0 amide bonds. The van der Waals surface area contributed by atoms with Crippen LogP contribution in [0.2, 0.25) is 0 Å². The smallest absolute Gasteiger partial charge is 0.137 e. The molecule has 4 heteroatoms. The summed E-state index contributed by atoms with van der Waals surface area (Å²) in [7, 11) is 4.86. The molecule has 2 rings (SSSR count). The fourth-order valence-corrected chi connectivity index (χ4v) is 2.83. The van der Waals surface area contributed by atoms with E-state index in [1.165, 1.54) is 0 Å². The molecule has 2 bridgehead atoms. The molecule has 114 valence electrons. The molecule has 1 aromatic rings.